The van der Waals surface area contributed by atoms with Gasteiger partial charge in [-0.2, -0.15) is 12.6 Å². The molecule has 0 N–H and O–H groups in total. The zero-order valence-corrected chi connectivity index (χ0v) is 4.71. The van der Waals surface area contributed by atoms with Crippen molar-refractivity contribution in [2.24, 2.45) is 0 Å². The number of halogens is 1. The van der Waals surface area contributed by atoms with Crippen LogP contribution < -0.4 is 0 Å². The molecule has 0 aliphatic heterocycles. The quantitative estimate of drug-likeness (QED) is 0.511. The molecular formula is C4H9FS. The molecule has 0 aliphatic rings. The molecule has 0 aromatic carbocycles. The minimum Gasteiger partial charge on any atom is -0.250 e. The van der Waals surface area contributed by atoms with Gasteiger partial charge in [-0.15, -0.1) is 0 Å². The van der Waals surface area contributed by atoms with Crippen molar-refractivity contribution >= 4 is 12.6 Å². The minimum atomic E-state index is -0.306. The van der Waals surface area contributed by atoms with Crippen molar-refractivity contribution in [2.75, 3.05) is 6.67 Å². The zero-order valence-electron chi connectivity index (χ0n) is 3.82. The van der Waals surface area contributed by atoms with Crippen LogP contribution >= 0.6 is 12.6 Å². The van der Waals surface area contributed by atoms with E-state index >= 15 is 0 Å². The molecule has 0 saturated carbocycles. The average Bonchev–Trinajstić information content (AvgIpc) is 1.65. The Balaban J connectivity index is 2.75. The fourth-order valence-corrected chi connectivity index (χ4v) is 0.109. The van der Waals surface area contributed by atoms with Gasteiger partial charge >= 0.3 is 0 Å². The lowest BCUT2D eigenvalue weighted by Crippen LogP contribution is -1.96. The molecule has 1 atom stereocenters. The van der Waals surface area contributed by atoms with E-state index in [4.69, 9.17) is 0 Å². The maximum absolute atomic E-state index is 11.3. The molecule has 6 heavy (non-hydrogen) atoms. The van der Waals surface area contributed by atoms with Gasteiger partial charge in [0.1, 0.15) is 6.67 Å². The molecule has 0 aliphatic carbocycles. The van der Waals surface area contributed by atoms with Crippen molar-refractivity contribution in [1.29, 1.82) is 0 Å². The Morgan fingerprint density at radius 1 is 1.83 bits per heavy atom. The van der Waals surface area contributed by atoms with E-state index < -0.39 is 0 Å². The molecule has 1 unspecified atom stereocenters. The second-order valence-electron chi connectivity index (χ2n) is 1.22. The van der Waals surface area contributed by atoms with Gasteiger partial charge in [0.15, 0.2) is 0 Å². The maximum Gasteiger partial charge on any atom is 0.101 e. The largest absolute Gasteiger partial charge is 0.250 e. The van der Waals surface area contributed by atoms with Crippen LogP contribution in [0, 0.1) is 0 Å². The Labute approximate surface area is 43.2 Å². The number of alkyl halides is 1. The first-order valence-corrected chi connectivity index (χ1v) is 2.57. The van der Waals surface area contributed by atoms with Crippen molar-refractivity contribution in [3.8, 4) is 0 Å². The van der Waals surface area contributed by atoms with Crippen LogP contribution in [0.5, 0.6) is 0 Å². The lowest BCUT2D eigenvalue weighted by molar-refractivity contribution is 0.479. The molecule has 0 amide bonds. The van der Waals surface area contributed by atoms with Gasteiger partial charge in [0, 0.05) is 5.25 Å². The van der Waals surface area contributed by atoms with Crippen molar-refractivity contribution in [2.45, 2.75) is 18.6 Å². The molecular weight excluding hydrogens is 99.1 g/mol. The normalized spacial score (nSPS) is 14.5. The summed E-state index contributed by atoms with van der Waals surface area (Å²) in [5.41, 5.74) is 0. The molecule has 0 heterocycles. The van der Waals surface area contributed by atoms with Crippen molar-refractivity contribution < 1.29 is 4.39 Å². The summed E-state index contributed by atoms with van der Waals surface area (Å²) in [6, 6.07) is 0. The fraction of sp³-hybridized carbons (Fsp3) is 1.00. The highest BCUT2D eigenvalue weighted by Crippen LogP contribution is 1.98. The molecule has 0 aromatic heterocycles. The van der Waals surface area contributed by atoms with Crippen LogP contribution in [-0.2, 0) is 0 Å². The lowest BCUT2D eigenvalue weighted by Gasteiger charge is -1.95. The monoisotopic (exact) mass is 108 g/mol. The zero-order chi connectivity index (χ0) is 4.99. The van der Waals surface area contributed by atoms with E-state index in [2.05, 4.69) is 12.6 Å². The standard InChI is InChI=1S/C4H9FS/c1-2-4(6)3-5/h4,6H,2-3H2,1H3. The second kappa shape index (κ2) is 3.47. The summed E-state index contributed by atoms with van der Waals surface area (Å²) in [6.45, 7) is 1.61. The van der Waals surface area contributed by atoms with E-state index in [1.807, 2.05) is 6.92 Å². The Kier molecular flexibility index (Phi) is 3.63. The van der Waals surface area contributed by atoms with Crippen LogP contribution in [0.4, 0.5) is 4.39 Å². The van der Waals surface area contributed by atoms with Gasteiger partial charge in [-0.05, 0) is 6.42 Å². The average molecular weight is 108 g/mol. The SMILES string of the molecule is CCC(S)CF. The Morgan fingerprint density at radius 2 is 2.33 bits per heavy atom. The molecule has 38 valence electrons. The number of thiol groups is 1. The second-order valence-corrected chi connectivity index (χ2v) is 1.95. The summed E-state index contributed by atoms with van der Waals surface area (Å²) in [7, 11) is 0. The van der Waals surface area contributed by atoms with Crippen LogP contribution in [0.15, 0.2) is 0 Å². The van der Waals surface area contributed by atoms with Gasteiger partial charge < -0.3 is 0 Å². The van der Waals surface area contributed by atoms with Crippen molar-refractivity contribution in [1.82, 2.24) is 0 Å². The first-order chi connectivity index (χ1) is 2.81. The Bertz CT molecular complexity index is 26.7. The predicted molar refractivity (Wildman–Crippen MR) is 29.0 cm³/mol. The lowest BCUT2D eigenvalue weighted by atomic mass is 10.4. The molecule has 0 nitrogen and oxygen atoms in total. The molecule has 0 aromatic rings. The van der Waals surface area contributed by atoms with Gasteiger partial charge in [-0.3, -0.25) is 0 Å². The van der Waals surface area contributed by atoms with Crippen LogP contribution in [0.3, 0.4) is 0 Å². The number of hydrogen-bond donors (Lipinski definition) is 1. The van der Waals surface area contributed by atoms with E-state index in [-0.39, 0.29) is 11.9 Å². The van der Waals surface area contributed by atoms with Gasteiger partial charge in [0.25, 0.3) is 0 Å². The van der Waals surface area contributed by atoms with Crippen LogP contribution in [-0.4, -0.2) is 11.9 Å². The summed E-state index contributed by atoms with van der Waals surface area (Å²) in [5.74, 6) is 0. The van der Waals surface area contributed by atoms with Gasteiger partial charge in [0.2, 0.25) is 0 Å². The third kappa shape index (κ3) is 2.51. The van der Waals surface area contributed by atoms with Gasteiger partial charge in [-0.25, -0.2) is 4.39 Å². The van der Waals surface area contributed by atoms with Gasteiger partial charge in [0.05, 0.1) is 0 Å². The fourth-order valence-electron chi connectivity index (χ4n) is 0.109. The van der Waals surface area contributed by atoms with Gasteiger partial charge in [-0.1, -0.05) is 6.92 Å². The predicted octanol–water partition coefficient (Wildman–Crippen LogP) is 1.66. The first-order valence-electron chi connectivity index (χ1n) is 2.05. The third-order valence-electron chi connectivity index (χ3n) is 0.649. The smallest absolute Gasteiger partial charge is 0.101 e. The maximum atomic E-state index is 11.3. The highest BCUT2D eigenvalue weighted by atomic mass is 32.1. The molecule has 0 radical (unpaired) electrons. The Hall–Kier alpha value is 0.280. The molecule has 2 heteroatoms. The van der Waals surface area contributed by atoms with E-state index in [0.717, 1.165) is 6.42 Å². The first kappa shape index (κ1) is 6.28. The molecule has 0 saturated heterocycles. The number of hydrogen-bond acceptors (Lipinski definition) is 1. The van der Waals surface area contributed by atoms with E-state index in [1.54, 1.807) is 0 Å². The summed E-state index contributed by atoms with van der Waals surface area (Å²) < 4.78 is 11.3. The van der Waals surface area contributed by atoms with E-state index in [9.17, 15) is 4.39 Å². The summed E-state index contributed by atoms with van der Waals surface area (Å²) in [6.07, 6.45) is 0.819. The van der Waals surface area contributed by atoms with Crippen LogP contribution in [0.1, 0.15) is 13.3 Å². The van der Waals surface area contributed by atoms with Crippen LogP contribution in [0.2, 0.25) is 0 Å². The summed E-state index contributed by atoms with van der Waals surface area (Å²) in [5, 5.41) is -0.0370. The number of rotatable bonds is 2. The van der Waals surface area contributed by atoms with Crippen LogP contribution in [0.25, 0.3) is 0 Å². The molecule has 0 spiro atoms. The van der Waals surface area contributed by atoms with Crippen molar-refractivity contribution in [3.05, 3.63) is 0 Å². The highest BCUT2D eigenvalue weighted by molar-refractivity contribution is 7.81. The highest BCUT2D eigenvalue weighted by Gasteiger charge is 1.93. The Morgan fingerprint density at radius 3 is 2.33 bits per heavy atom. The minimum absolute atomic E-state index is 0.0370. The summed E-state index contributed by atoms with van der Waals surface area (Å²) in [4.78, 5) is 0. The molecule has 0 bridgehead atoms. The molecule has 0 fully saturated rings. The van der Waals surface area contributed by atoms with E-state index in [0.29, 0.717) is 0 Å². The molecule has 0 rings (SSSR count). The third-order valence-corrected chi connectivity index (χ3v) is 1.15. The topological polar surface area (TPSA) is 0 Å². The van der Waals surface area contributed by atoms with Crippen molar-refractivity contribution in [3.63, 3.8) is 0 Å². The summed E-state index contributed by atoms with van der Waals surface area (Å²) >= 11 is 3.85. The van der Waals surface area contributed by atoms with E-state index in [1.165, 1.54) is 0 Å².